The highest BCUT2D eigenvalue weighted by Gasteiger charge is 2.23. The molecule has 0 atom stereocenters. The van der Waals surface area contributed by atoms with E-state index in [4.69, 9.17) is 4.74 Å². The molecule has 1 aromatic heterocycles. The topological polar surface area (TPSA) is 102 Å². The number of hydrogen-bond acceptors (Lipinski definition) is 5. The molecule has 0 bridgehead atoms. The van der Waals surface area contributed by atoms with Crippen molar-refractivity contribution in [2.24, 2.45) is 0 Å². The van der Waals surface area contributed by atoms with Crippen molar-refractivity contribution in [1.29, 1.82) is 0 Å². The third-order valence-electron chi connectivity index (χ3n) is 5.04. The van der Waals surface area contributed by atoms with Crippen molar-refractivity contribution in [2.45, 2.75) is 6.92 Å². The first-order valence-electron chi connectivity index (χ1n) is 10.8. The van der Waals surface area contributed by atoms with Crippen LogP contribution in [0, 0.1) is 5.82 Å². The highest BCUT2D eigenvalue weighted by Crippen LogP contribution is 2.24. The molecule has 0 saturated carbocycles. The Morgan fingerprint density at radius 1 is 0.829 bits per heavy atom. The van der Waals surface area contributed by atoms with Gasteiger partial charge in [-0.05, 0) is 43.3 Å². The van der Waals surface area contributed by atoms with Crippen LogP contribution < -0.4 is 10.6 Å². The van der Waals surface area contributed by atoms with Gasteiger partial charge in [0.25, 0.3) is 11.8 Å². The smallest absolute Gasteiger partial charge is 0.340 e. The van der Waals surface area contributed by atoms with Gasteiger partial charge in [0.2, 0.25) is 0 Å². The number of para-hydroxylation sites is 2. The van der Waals surface area contributed by atoms with Gasteiger partial charge in [-0.15, -0.1) is 0 Å². The van der Waals surface area contributed by atoms with E-state index in [0.717, 1.165) is 0 Å². The largest absolute Gasteiger partial charge is 0.462 e. The number of hydrogen-bond donors (Lipinski definition) is 2. The number of nitrogens with one attached hydrogen (secondary N) is 2. The molecule has 9 heteroatoms. The third kappa shape index (κ3) is 5.09. The van der Waals surface area contributed by atoms with E-state index < -0.39 is 23.6 Å². The number of carbonyl (C=O) groups is 3. The van der Waals surface area contributed by atoms with Crippen LogP contribution in [0.2, 0.25) is 0 Å². The fourth-order valence-electron chi connectivity index (χ4n) is 3.39. The molecule has 2 N–H and O–H groups in total. The average molecular weight is 472 g/mol. The first kappa shape index (κ1) is 23.4. The first-order chi connectivity index (χ1) is 17.0. The number of nitrogens with zero attached hydrogens (tertiary/aromatic N) is 2. The number of halogens is 1. The second-order valence-corrected chi connectivity index (χ2v) is 7.31. The van der Waals surface area contributed by atoms with Crippen LogP contribution in [-0.2, 0) is 4.74 Å². The molecule has 4 aromatic rings. The maximum absolute atomic E-state index is 14.2. The van der Waals surface area contributed by atoms with Crippen LogP contribution in [0.3, 0.4) is 0 Å². The SMILES string of the molecule is CCOC(=O)c1ccccc1NC(=O)c1cnn(-c2ccccc2)c1NC(=O)c1ccccc1F. The third-order valence-corrected chi connectivity index (χ3v) is 5.04. The van der Waals surface area contributed by atoms with Crippen LogP contribution in [0.25, 0.3) is 5.69 Å². The van der Waals surface area contributed by atoms with Crippen LogP contribution in [0.15, 0.2) is 85.1 Å². The van der Waals surface area contributed by atoms with E-state index in [9.17, 15) is 18.8 Å². The van der Waals surface area contributed by atoms with Gasteiger partial charge in [-0.3, -0.25) is 9.59 Å². The Morgan fingerprint density at radius 2 is 1.46 bits per heavy atom. The summed E-state index contributed by atoms with van der Waals surface area (Å²) in [6.45, 7) is 1.86. The first-order valence-corrected chi connectivity index (χ1v) is 10.8. The summed E-state index contributed by atoms with van der Waals surface area (Å²) in [7, 11) is 0. The minimum Gasteiger partial charge on any atom is -0.462 e. The molecule has 8 nitrogen and oxygen atoms in total. The van der Waals surface area contributed by atoms with Gasteiger partial charge < -0.3 is 15.4 Å². The zero-order valence-corrected chi connectivity index (χ0v) is 18.7. The van der Waals surface area contributed by atoms with Crippen LogP contribution >= 0.6 is 0 Å². The fraction of sp³-hybridized carbons (Fsp3) is 0.0769. The molecule has 2 amide bonds. The molecule has 0 aliphatic carbocycles. The minimum atomic E-state index is -0.748. The molecule has 0 aliphatic rings. The van der Waals surface area contributed by atoms with Crippen molar-refractivity contribution in [3.8, 4) is 5.69 Å². The number of benzene rings is 3. The van der Waals surface area contributed by atoms with E-state index in [1.165, 1.54) is 41.2 Å². The van der Waals surface area contributed by atoms with Gasteiger partial charge in [-0.1, -0.05) is 42.5 Å². The Bertz CT molecular complexity index is 1390. The van der Waals surface area contributed by atoms with Crippen LogP contribution in [0.4, 0.5) is 15.9 Å². The normalized spacial score (nSPS) is 10.5. The number of amides is 2. The molecule has 4 rings (SSSR count). The second-order valence-electron chi connectivity index (χ2n) is 7.31. The lowest BCUT2D eigenvalue weighted by Crippen LogP contribution is -2.21. The van der Waals surface area contributed by atoms with Crippen LogP contribution in [-0.4, -0.2) is 34.2 Å². The summed E-state index contributed by atoms with van der Waals surface area (Å²) < 4.78 is 20.6. The molecular formula is C26H21FN4O4. The molecule has 0 spiro atoms. The monoisotopic (exact) mass is 472 g/mol. The molecule has 0 fully saturated rings. The van der Waals surface area contributed by atoms with E-state index in [1.54, 1.807) is 49.4 Å². The van der Waals surface area contributed by atoms with Crippen LogP contribution in [0.5, 0.6) is 0 Å². The molecule has 0 aliphatic heterocycles. The quantitative estimate of drug-likeness (QED) is 0.380. The summed E-state index contributed by atoms with van der Waals surface area (Å²) in [5.41, 5.74) is 0.803. The summed E-state index contributed by atoms with van der Waals surface area (Å²) in [5.74, 6) is -2.63. The number of rotatable bonds is 7. The average Bonchev–Trinajstić information content (AvgIpc) is 3.28. The van der Waals surface area contributed by atoms with Crippen molar-refractivity contribution in [3.05, 3.63) is 108 Å². The highest BCUT2D eigenvalue weighted by atomic mass is 19.1. The molecular weight excluding hydrogens is 451 g/mol. The molecule has 176 valence electrons. The molecule has 3 aromatic carbocycles. The Balaban J connectivity index is 1.71. The van der Waals surface area contributed by atoms with E-state index in [1.807, 2.05) is 6.07 Å². The van der Waals surface area contributed by atoms with Gasteiger partial charge in [0.05, 0.1) is 35.3 Å². The number of anilines is 2. The van der Waals surface area contributed by atoms with Crippen molar-refractivity contribution in [1.82, 2.24) is 9.78 Å². The van der Waals surface area contributed by atoms with Crippen molar-refractivity contribution in [3.63, 3.8) is 0 Å². The maximum Gasteiger partial charge on any atom is 0.340 e. The standard InChI is InChI=1S/C26H21FN4O4/c1-2-35-26(34)19-13-7-9-15-22(19)29-25(33)20-16-28-31(17-10-4-3-5-11-17)23(20)30-24(32)18-12-6-8-14-21(18)27/h3-16H,2H2,1H3,(H,29,33)(H,30,32). The fourth-order valence-corrected chi connectivity index (χ4v) is 3.39. The molecule has 0 saturated heterocycles. The summed E-state index contributed by atoms with van der Waals surface area (Å²) in [4.78, 5) is 38.4. The number of carbonyl (C=O) groups excluding carboxylic acids is 3. The van der Waals surface area contributed by atoms with E-state index >= 15 is 0 Å². The van der Waals surface area contributed by atoms with Gasteiger partial charge in [0, 0.05) is 0 Å². The predicted molar refractivity (Wildman–Crippen MR) is 128 cm³/mol. The Hall–Kier alpha value is -4.79. The van der Waals surface area contributed by atoms with E-state index in [-0.39, 0.29) is 34.8 Å². The Morgan fingerprint density at radius 3 is 2.17 bits per heavy atom. The zero-order valence-electron chi connectivity index (χ0n) is 18.7. The van der Waals surface area contributed by atoms with Gasteiger partial charge >= 0.3 is 5.97 Å². The van der Waals surface area contributed by atoms with E-state index in [0.29, 0.717) is 5.69 Å². The molecule has 35 heavy (non-hydrogen) atoms. The molecule has 0 radical (unpaired) electrons. The lowest BCUT2D eigenvalue weighted by Gasteiger charge is -2.13. The lowest BCUT2D eigenvalue weighted by molar-refractivity contribution is 0.0527. The van der Waals surface area contributed by atoms with Crippen LogP contribution in [0.1, 0.15) is 38.0 Å². The molecule has 0 unspecified atom stereocenters. The van der Waals surface area contributed by atoms with Crippen molar-refractivity contribution < 1.29 is 23.5 Å². The Labute approximate surface area is 200 Å². The van der Waals surface area contributed by atoms with Gasteiger partial charge in [0.15, 0.2) is 0 Å². The summed E-state index contributed by atoms with van der Waals surface area (Å²) >= 11 is 0. The highest BCUT2D eigenvalue weighted by molar-refractivity contribution is 6.13. The zero-order chi connectivity index (χ0) is 24.8. The van der Waals surface area contributed by atoms with Crippen molar-refractivity contribution in [2.75, 3.05) is 17.2 Å². The predicted octanol–water partition coefficient (Wildman–Crippen LogP) is 4.69. The maximum atomic E-state index is 14.2. The summed E-state index contributed by atoms with van der Waals surface area (Å²) in [6.07, 6.45) is 1.28. The van der Waals surface area contributed by atoms with Gasteiger partial charge in [-0.2, -0.15) is 5.10 Å². The van der Waals surface area contributed by atoms with Gasteiger partial charge in [0.1, 0.15) is 17.2 Å². The number of ether oxygens (including phenoxy) is 1. The molecule has 1 heterocycles. The van der Waals surface area contributed by atoms with E-state index in [2.05, 4.69) is 15.7 Å². The minimum absolute atomic E-state index is 0.0113. The summed E-state index contributed by atoms with van der Waals surface area (Å²) in [6, 6.07) is 20.7. The van der Waals surface area contributed by atoms with Gasteiger partial charge in [-0.25, -0.2) is 13.9 Å². The van der Waals surface area contributed by atoms with Crippen molar-refractivity contribution >= 4 is 29.3 Å². The Kier molecular flexibility index (Phi) is 6.96. The summed E-state index contributed by atoms with van der Waals surface area (Å²) in [5, 5.41) is 9.55. The number of aromatic nitrogens is 2. The number of esters is 1. The second kappa shape index (κ2) is 10.4. The lowest BCUT2D eigenvalue weighted by atomic mass is 10.1.